The highest BCUT2D eigenvalue weighted by atomic mass is 16.6. The van der Waals surface area contributed by atoms with Crippen molar-refractivity contribution in [2.24, 2.45) is 0 Å². The van der Waals surface area contributed by atoms with Gasteiger partial charge in [-0.05, 0) is 67.6 Å². The van der Waals surface area contributed by atoms with E-state index in [1.165, 1.54) is 11.2 Å². The maximum Gasteiger partial charge on any atom is 0.413 e. The largest absolute Gasteiger partial charge is 0.459 e. The van der Waals surface area contributed by atoms with E-state index in [4.69, 9.17) is 9.15 Å². The lowest BCUT2D eigenvalue weighted by Crippen LogP contribution is -2.26. The number of carbonyl (C=O) groups is 3. The van der Waals surface area contributed by atoms with Gasteiger partial charge in [-0.25, -0.2) is 4.79 Å². The number of amides is 3. The minimum Gasteiger partial charge on any atom is -0.459 e. The molecule has 1 aromatic heterocycles. The summed E-state index contributed by atoms with van der Waals surface area (Å²) < 4.78 is 9.99. The van der Waals surface area contributed by atoms with Gasteiger partial charge in [0.25, 0.3) is 11.8 Å². The van der Waals surface area contributed by atoms with Crippen LogP contribution in [0, 0.1) is 0 Å². The number of hydrogen-bond acceptors (Lipinski definition) is 5. The first-order valence-corrected chi connectivity index (χ1v) is 9.24. The maximum absolute atomic E-state index is 12.4. The summed E-state index contributed by atoms with van der Waals surface area (Å²) in [6.07, 6.45) is 0.970. The Morgan fingerprint density at radius 2 is 1.50 bits per heavy atom. The molecule has 0 aliphatic carbocycles. The highest BCUT2D eigenvalue weighted by molar-refractivity contribution is 6.05. The average Bonchev–Trinajstić information content (AvgIpc) is 3.29. The van der Waals surface area contributed by atoms with Crippen LogP contribution in [0.5, 0.6) is 0 Å². The summed E-state index contributed by atoms with van der Waals surface area (Å²) in [6, 6.07) is 16.5. The van der Waals surface area contributed by atoms with Gasteiger partial charge in [-0.3, -0.25) is 14.5 Å². The lowest BCUT2D eigenvalue weighted by Gasteiger charge is -2.17. The highest BCUT2D eigenvalue weighted by Crippen LogP contribution is 2.19. The molecule has 0 unspecified atom stereocenters. The molecule has 0 fully saturated rings. The van der Waals surface area contributed by atoms with Crippen molar-refractivity contribution in [3.63, 3.8) is 0 Å². The average molecular weight is 407 g/mol. The van der Waals surface area contributed by atoms with Gasteiger partial charge in [-0.2, -0.15) is 0 Å². The Labute approximate surface area is 173 Å². The van der Waals surface area contributed by atoms with Crippen LogP contribution in [-0.2, 0) is 4.74 Å². The van der Waals surface area contributed by atoms with Crippen molar-refractivity contribution in [1.29, 1.82) is 0 Å². The molecule has 0 spiro atoms. The Hall–Kier alpha value is -4.07. The summed E-state index contributed by atoms with van der Waals surface area (Å²) in [6.45, 7) is 2.03. The van der Waals surface area contributed by atoms with E-state index in [0.29, 0.717) is 29.2 Å². The summed E-state index contributed by atoms with van der Waals surface area (Å²) in [7, 11) is 1.61. The van der Waals surface area contributed by atoms with Crippen molar-refractivity contribution in [1.82, 2.24) is 0 Å². The fourth-order valence-electron chi connectivity index (χ4n) is 2.60. The number of hydrogen-bond donors (Lipinski definition) is 2. The van der Waals surface area contributed by atoms with Crippen molar-refractivity contribution >= 4 is 35.0 Å². The number of furan rings is 1. The van der Waals surface area contributed by atoms with E-state index in [2.05, 4.69) is 10.6 Å². The van der Waals surface area contributed by atoms with Crippen LogP contribution < -0.4 is 15.5 Å². The number of nitrogens with zero attached hydrogens (tertiary/aromatic N) is 1. The Bertz CT molecular complexity index is 1010. The second-order valence-corrected chi connectivity index (χ2v) is 6.27. The molecule has 1 heterocycles. The van der Waals surface area contributed by atoms with E-state index in [0.717, 1.165) is 0 Å². The van der Waals surface area contributed by atoms with E-state index < -0.39 is 6.09 Å². The van der Waals surface area contributed by atoms with Crippen LogP contribution in [0.15, 0.2) is 71.3 Å². The summed E-state index contributed by atoms with van der Waals surface area (Å²) in [5.74, 6) is -0.468. The standard InChI is InChI=1S/C22H21N3O5/c1-3-29-22(28)25(2)18-12-10-17(11-13-18)23-20(26)15-6-8-16(9-7-15)24-21(27)19-5-4-14-30-19/h4-14H,3H2,1-2H3,(H,23,26)(H,24,27). The first kappa shape index (κ1) is 20.7. The molecule has 2 aromatic carbocycles. The van der Waals surface area contributed by atoms with Crippen LogP contribution in [0.4, 0.5) is 21.9 Å². The summed E-state index contributed by atoms with van der Waals surface area (Å²) in [5.41, 5.74) is 2.19. The molecule has 0 saturated carbocycles. The zero-order valence-corrected chi connectivity index (χ0v) is 16.5. The number of carbonyl (C=O) groups excluding carboxylic acids is 3. The minimum absolute atomic E-state index is 0.203. The second kappa shape index (κ2) is 9.42. The smallest absolute Gasteiger partial charge is 0.413 e. The van der Waals surface area contributed by atoms with Crippen LogP contribution in [0.1, 0.15) is 27.8 Å². The molecule has 154 valence electrons. The number of rotatable bonds is 6. The van der Waals surface area contributed by atoms with Gasteiger partial charge in [0, 0.05) is 29.7 Å². The molecule has 0 aliphatic rings. The predicted octanol–water partition coefficient (Wildman–Crippen LogP) is 4.38. The lowest BCUT2D eigenvalue weighted by molar-refractivity contribution is 0.0995. The summed E-state index contributed by atoms with van der Waals surface area (Å²) >= 11 is 0. The molecule has 3 amide bonds. The van der Waals surface area contributed by atoms with Crippen molar-refractivity contribution < 1.29 is 23.5 Å². The molecule has 3 aromatic rings. The molecule has 0 saturated heterocycles. The minimum atomic E-state index is -0.450. The van der Waals surface area contributed by atoms with Crippen LogP contribution in [0.2, 0.25) is 0 Å². The molecule has 0 radical (unpaired) electrons. The predicted molar refractivity (Wildman–Crippen MR) is 113 cm³/mol. The zero-order chi connectivity index (χ0) is 21.5. The molecule has 8 heteroatoms. The monoisotopic (exact) mass is 407 g/mol. The third-order valence-corrected chi connectivity index (χ3v) is 4.20. The topological polar surface area (TPSA) is 101 Å². The number of anilines is 3. The first-order chi connectivity index (χ1) is 14.5. The Kier molecular flexibility index (Phi) is 6.49. The van der Waals surface area contributed by atoms with Crippen molar-refractivity contribution in [2.45, 2.75) is 6.92 Å². The van der Waals surface area contributed by atoms with E-state index in [9.17, 15) is 14.4 Å². The third kappa shape index (κ3) is 5.05. The van der Waals surface area contributed by atoms with Crippen LogP contribution in [-0.4, -0.2) is 31.6 Å². The second-order valence-electron chi connectivity index (χ2n) is 6.27. The number of ether oxygens (including phenoxy) is 1. The van der Waals surface area contributed by atoms with Gasteiger partial charge in [-0.15, -0.1) is 0 Å². The number of benzene rings is 2. The molecule has 0 aliphatic heterocycles. The molecule has 0 atom stereocenters. The van der Waals surface area contributed by atoms with Crippen LogP contribution in [0.25, 0.3) is 0 Å². The molecule has 0 bridgehead atoms. The van der Waals surface area contributed by atoms with Crippen LogP contribution in [0.3, 0.4) is 0 Å². The van der Waals surface area contributed by atoms with Gasteiger partial charge in [0.2, 0.25) is 0 Å². The van der Waals surface area contributed by atoms with Gasteiger partial charge >= 0.3 is 6.09 Å². The van der Waals surface area contributed by atoms with E-state index in [1.54, 1.807) is 74.6 Å². The van der Waals surface area contributed by atoms with Gasteiger partial charge in [0.15, 0.2) is 5.76 Å². The van der Waals surface area contributed by atoms with E-state index in [-0.39, 0.29) is 17.6 Å². The molecule has 3 rings (SSSR count). The zero-order valence-electron chi connectivity index (χ0n) is 16.5. The van der Waals surface area contributed by atoms with Gasteiger partial charge in [-0.1, -0.05) is 0 Å². The lowest BCUT2D eigenvalue weighted by atomic mass is 10.2. The Morgan fingerprint density at radius 3 is 2.07 bits per heavy atom. The molecule has 30 heavy (non-hydrogen) atoms. The summed E-state index contributed by atoms with van der Waals surface area (Å²) in [4.78, 5) is 37.6. The third-order valence-electron chi connectivity index (χ3n) is 4.20. The maximum atomic E-state index is 12.4. The Morgan fingerprint density at radius 1 is 0.900 bits per heavy atom. The molecular formula is C22H21N3O5. The van der Waals surface area contributed by atoms with Gasteiger partial charge in [0.1, 0.15) is 0 Å². The molecule has 8 nitrogen and oxygen atoms in total. The quantitative estimate of drug-likeness (QED) is 0.632. The van der Waals surface area contributed by atoms with Gasteiger partial charge < -0.3 is 19.8 Å². The fourth-order valence-corrected chi connectivity index (χ4v) is 2.60. The van der Waals surface area contributed by atoms with E-state index in [1.807, 2.05) is 0 Å². The number of nitrogens with one attached hydrogen (secondary N) is 2. The SMILES string of the molecule is CCOC(=O)N(C)c1ccc(NC(=O)c2ccc(NC(=O)c3ccco3)cc2)cc1. The van der Waals surface area contributed by atoms with Crippen molar-refractivity contribution in [3.05, 3.63) is 78.3 Å². The molecule has 2 N–H and O–H groups in total. The van der Waals surface area contributed by atoms with Gasteiger partial charge in [0.05, 0.1) is 12.9 Å². The van der Waals surface area contributed by atoms with E-state index >= 15 is 0 Å². The summed E-state index contributed by atoms with van der Waals surface area (Å²) in [5, 5.41) is 5.47. The Balaban J connectivity index is 1.59. The molecular weight excluding hydrogens is 386 g/mol. The normalized spacial score (nSPS) is 10.2. The fraction of sp³-hybridized carbons (Fsp3) is 0.136. The first-order valence-electron chi connectivity index (χ1n) is 9.24. The van der Waals surface area contributed by atoms with Crippen LogP contribution >= 0.6 is 0 Å². The van der Waals surface area contributed by atoms with Crippen molar-refractivity contribution in [3.8, 4) is 0 Å². The van der Waals surface area contributed by atoms with Crippen molar-refractivity contribution in [2.75, 3.05) is 29.2 Å². The highest BCUT2D eigenvalue weighted by Gasteiger charge is 2.13.